The van der Waals surface area contributed by atoms with Crippen LogP contribution >= 0.6 is 0 Å². The summed E-state index contributed by atoms with van der Waals surface area (Å²) in [6.07, 6.45) is 0. The molecule has 13 aromatic rings. The Morgan fingerprint density at radius 1 is 0.333 bits per heavy atom. The zero-order valence-electron chi connectivity index (χ0n) is 31.9. The van der Waals surface area contributed by atoms with Crippen molar-refractivity contribution in [3.05, 3.63) is 176 Å². The molecule has 6 heterocycles. The van der Waals surface area contributed by atoms with Gasteiger partial charge in [-0.15, -0.1) is 0 Å². The molecule has 60 heavy (non-hydrogen) atoms. The van der Waals surface area contributed by atoms with Crippen LogP contribution in [0.5, 0.6) is 0 Å². The van der Waals surface area contributed by atoms with Gasteiger partial charge in [-0.3, -0.25) is 0 Å². The lowest BCUT2D eigenvalue weighted by atomic mass is 9.37. The van der Waals surface area contributed by atoms with Crippen LogP contribution in [0.1, 0.15) is 0 Å². The van der Waals surface area contributed by atoms with E-state index in [0.717, 1.165) is 88.6 Å². The molecule has 276 valence electrons. The van der Waals surface area contributed by atoms with Crippen molar-refractivity contribution in [2.45, 2.75) is 0 Å². The third-order valence-corrected chi connectivity index (χ3v) is 13.4. The Kier molecular flexibility index (Phi) is 5.67. The summed E-state index contributed by atoms with van der Waals surface area (Å²) in [6.45, 7) is -0.0329. The van der Waals surface area contributed by atoms with Crippen LogP contribution in [0.4, 0.5) is 17.1 Å². The Labute approximate surface area is 341 Å². The van der Waals surface area contributed by atoms with E-state index < -0.39 is 0 Å². The van der Waals surface area contributed by atoms with Crippen LogP contribution < -0.4 is 21.3 Å². The predicted molar refractivity (Wildman–Crippen MR) is 247 cm³/mol. The molecule has 0 spiro atoms. The lowest BCUT2D eigenvalue weighted by Crippen LogP contribution is -2.54. The first-order valence-corrected chi connectivity index (χ1v) is 20.5. The summed E-state index contributed by atoms with van der Waals surface area (Å²) >= 11 is 0. The van der Waals surface area contributed by atoms with Gasteiger partial charge in [0.05, 0.1) is 11.0 Å². The van der Waals surface area contributed by atoms with Crippen LogP contribution in [0.3, 0.4) is 0 Å². The molecule has 0 aliphatic carbocycles. The molecule has 2 aliphatic heterocycles. The summed E-state index contributed by atoms with van der Waals surface area (Å²) < 4.78 is 22.3. The average Bonchev–Trinajstić information content (AvgIpc) is 4.10. The van der Waals surface area contributed by atoms with Gasteiger partial charge < -0.3 is 22.7 Å². The zero-order chi connectivity index (χ0) is 38.8. The van der Waals surface area contributed by atoms with Gasteiger partial charge in [-0.05, 0) is 82.7 Å². The summed E-state index contributed by atoms with van der Waals surface area (Å²) in [5.74, 6) is 0. The second-order valence-electron chi connectivity index (χ2n) is 16.4. The summed E-state index contributed by atoms with van der Waals surface area (Å²) in [7, 11) is 0. The number of anilines is 3. The summed E-state index contributed by atoms with van der Waals surface area (Å²) in [5.41, 5.74) is 18.2. The highest BCUT2D eigenvalue weighted by Crippen LogP contribution is 2.47. The highest BCUT2D eigenvalue weighted by molar-refractivity contribution is 7.01. The maximum absolute atomic E-state index is 6.66. The SMILES string of the molecule is c1ccc2c(c1)oc1cc(N3c4cc5oc6ccccc6c5cc4B4c5cc6c(cc5-c5cc(-n7c8ccccc8c8ccccc87)cc3c54)oc3ccccc36)ccc12. The monoisotopic (exact) mass is 764 g/mol. The minimum absolute atomic E-state index is 0.0329. The van der Waals surface area contributed by atoms with Crippen molar-refractivity contribution in [1.82, 2.24) is 4.57 Å². The summed E-state index contributed by atoms with van der Waals surface area (Å²) in [6, 6.07) is 63.4. The van der Waals surface area contributed by atoms with Gasteiger partial charge in [0, 0.05) is 78.0 Å². The van der Waals surface area contributed by atoms with Crippen LogP contribution in [0.2, 0.25) is 0 Å². The van der Waals surface area contributed by atoms with E-state index in [1.807, 2.05) is 24.3 Å². The number of furan rings is 3. The number of benzene rings is 9. The minimum Gasteiger partial charge on any atom is -0.456 e. The van der Waals surface area contributed by atoms with Crippen molar-refractivity contribution in [3.63, 3.8) is 0 Å². The number of hydrogen-bond acceptors (Lipinski definition) is 4. The van der Waals surface area contributed by atoms with Gasteiger partial charge in [-0.2, -0.15) is 0 Å². The van der Waals surface area contributed by atoms with E-state index in [2.05, 4.69) is 161 Å². The van der Waals surface area contributed by atoms with Crippen molar-refractivity contribution in [2.75, 3.05) is 4.90 Å². The molecule has 9 aromatic carbocycles. The van der Waals surface area contributed by atoms with E-state index in [4.69, 9.17) is 13.3 Å². The van der Waals surface area contributed by atoms with E-state index in [1.165, 1.54) is 49.3 Å². The average molecular weight is 765 g/mol. The Balaban J connectivity index is 1.10. The molecule has 0 atom stereocenters. The second-order valence-corrected chi connectivity index (χ2v) is 16.4. The molecule has 6 heteroatoms. The molecule has 0 N–H and O–H groups in total. The van der Waals surface area contributed by atoms with Crippen LogP contribution in [0.25, 0.3) is 104 Å². The molecule has 5 nitrogen and oxygen atoms in total. The molecule has 0 unspecified atom stereocenters. The summed E-state index contributed by atoms with van der Waals surface area (Å²) in [4.78, 5) is 2.45. The van der Waals surface area contributed by atoms with Crippen LogP contribution in [0, 0.1) is 0 Å². The van der Waals surface area contributed by atoms with E-state index in [9.17, 15) is 0 Å². The quantitative estimate of drug-likeness (QED) is 0.165. The first kappa shape index (κ1) is 31.1. The lowest BCUT2D eigenvalue weighted by molar-refractivity contribution is 0.668. The molecule has 15 rings (SSSR count). The maximum Gasteiger partial charge on any atom is 0.248 e. The molecule has 0 radical (unpaired) electrons. The molecule has 0 bridgehead atoms. The normalized spacial score (nSPS) is 13.3. The molecule has 0 saturated carbocycles. The van der Waals surface area contributed by atoms with Crippen molar-refractivity contribution >= 4 is 128 Å². The third-order valence-electron chi connectivity index (χ3n) is 13.4. The largest absolute Gasteiger partial charge is 0.456 e. The number of nitrogens with zero attached hydrogens (tertiary/aromatic N) is 2. The van der Waals surface area contributed by atoms with Gasteiger partial charge in [0.2, 0.25) is 6.71 Å². The van der Waals surface area contributed by atoms with Gasteiger partial charge in [0.15, 0.2) is 0 Å². The first-order chi connectivity index (χ1) is 29.7. The zero-order valence-corrected chi connectivity index (χ0v) is 31.9. The van der Waals surface area contributed by atoms with Crippen LogP contribution in [-0.2, 0) is 0 Å². The van der Waals surface area contributed by atoms with Crippen molar-refractivity contribution in [1.29, 1.82) is 0 Å². The standard InChI is InChI=1S/C54H29BN2O3/c1-6-16-44-32(11-1)33-12-2-7-17-45(33)57(44)31-23-41-38-28-52-39(35-14-4-9-19-49(35)59-52)26-42(38)55-43-27-40-36-15-5-10-20-50(36)60-53(40)29-46(43)56(47(24-31)54(41)55)30-21-22-37-34-13-3-8-18-48(34)58-51(37)25-30/h1-29H. The van der Waals surface area contributed by atoms with Gasteiger partial charge in [0.25, 0.3) is 0 Å². The highest BCUT2D eigenvalue weighted by atomic mass is 16.3. The number of hydrogen-bond donors (Lipinski definition) is 0. The smallest absolute Gasteiger partial charge is 0.248 e. The predicted octanol–water partition coefficient (Wildman–Crippen LogP) is 12.8. The molecule has 0 amide bonds. The van der Waals surface area contributed by atoms with Crippen LogP contribution in [-0.4, -0.2) is 11.3 Å². The molecule has 0 fully saturated rings. The second kappa shape index (κ2) is 11.0. The number of para-hydroxylation sites is 5. The van der Waals surface area contributed by atoms with Crippen molar-refractivity contribution in [2.24, 2.45) is 0 Å². The van der Waals surface area contributed by atoms with Gasteiger partial charge in [-0.1, -0.05) is 109 Å². The summed E-state index contributed by atoms with van der Waals surface area (Å²) in [5, 5.41) is 9.18. The topological polar surface area (TPSA) is 47.6 Å². The number of aromatic nitrogens is 1. The van der Waals surface area contributed by atoms with E-state index >= 15 is 0 Å². The fourth-order valence-electron chi connectivity index (χ4n) is 10.9. The third kappa shape index (κ3) is 3.88. The Hall–Kier alpha value is -7.96. The molecular formula is C54H29BN2O3. The van der Waals surface area contributed by atoms with E-state index in [-0.39, 0.29) is 6.71 Å². The van der Waals surface area contributed by atoms with Crippen molar-refractivity contribution in [3.8, 4) is 16.8 Å². The fourth-order valence-corrected chi connectivity index (χ4v) is 10.9. The van der Waals surface area contributed by atoms with Crippen molar-refractivity contribution < 1.29 is 13.3 Å². The van der Waals surface area contributed by atoms with E-state index in [0.29, 0.717) is 0 Å². The number of fused-ring (bicyclic) bond motifs is 17. The Morgan fingerprint density at radius 2 is 0.850 bits per heavy atom. The molecule has 4 aromatic heterocycles. The lowest BCUT2D eigenvalue weighted by Gasteiger charge is -2.36. The molecule has 0 saturated heterocycles. The van der Waals surface area contributed by atoms with Crippen LogP contribution in [0.15, 0.2) is 189 Å². The molecule has 2 aliphatic rings. The Bertz CT molecular complexity index is 4000. The van der Waals surface area contributed by atoms with Gasteiger partial charge in [-0.25, -0.2) is 0 Å². The minimum atomic E-state index is -0.0329. The maximum atomic E-state index is 6.66. The van der Waals surface area contributed by atoms with Gasteiger partial charge in [0.1, 0.15) is 33.5 Å². The molecular weight excluding hydrogens is 735 g/mol. The first-order valence-electron chi connectivity index (χ1n) is 20.5. The number of rotatable bonds is 2. The Morgan fingerprint density at radius 3 is 1.50 bits per heavy atom. The van der Waals surface area contributed by atoms with Gasteiger partial charge >= 0.3 is 0 Å². The highest BCUT2D eigenvalue weighted by Gasteiger charge is 2.44. The van der Waals surface area contributed by atoms with E-state index in [1.54, 1.807) is 0 Å². The fraction of sp³-hybridized carbons (Fsp3) is 0.